The number of hydrogen-bond acceptors (Lipinski definition) is 4. The van der Waals surface area contributed by atoms with E-state index in [0.717, 1.165) is 0 Å². The Morgan fingerprint density at radius 3 is 2.25 bits per heavy atom. The molecule has 0 amide bonds. The number of hydrogen-bond donors (Lipinski definition) is 3. The monoisotopic (exact) mass is 343 g/mol. The van der Waals surface area contributed by atoms with Gasteiger partial charge in [0.2, 0.25) is 0 Å². The Bertz CT molecular complexity index is 1040. The quantitative estimate of drug-likeness (QED) is 0.626. The number of para-hydroxylation sites is 1. The number of nitrogens with one attached hydrogen (secondary N) is 1. The fraction of sp³-hybridized carbons (Fsp3) is 0. The largest absolute Gasteiger partial charge is 0.478 e. The molecule has 6 nitrogen and oxygen atoms in total. The molecule has 0 aliphatic rings. The summed E-state index contributed by atoms with van der Waals surface area (Å²) in [5.74, 6) is -1.15. The van der Waals surface area contributed by atoms with E-state index in [2.05, 4.69) is 5.32 Å². The summed E-state index contributed by atoms with van der Waals surface area (Å²) in [6, 6.07) is 16.0. The van der Waals surface area contributed by atoms with Gasteiger partial charge in [-0.2, -0.15) is 8.42 Å². The molecule has 3 aromatic carbocycles. The van der Waals surface area contributed by atoms with Gasteiger partial charge >= 0.3 is 5.97 Å². The van der Waals surface area contributed by atoms with Crippen LogP contribution in [0.25, 0.3) is 10.8 Å². The number of fused-ring (bicyclic) bond motifs is 1. The first-order chi connectivity index (χ1) is 11.4. The summed E-state index contributed by atoms with van der Waals surface area (Å²) < 4.78 is 33.4. The van der Waals surface area contributed by atoms with E-state index in [1.165, 1.54) is 18.2 Å². The molecular formula is C17H13NO5S. The molecule has 0 aliphatic heterocycles. The second-order valence-corrected chi connectivity index (χ2v) is 6.47. The Kier molecular flexibility index (Phi) is 3.96. The fourth-order valence-corrected chi connectivity index (χ4v) is 3.40. The van der Waals surface area contributed by atoms with Gasteiger partial charge in [-0.15, -0.1) is 0 Å². The minimum atomic E-state index is -4.52. The maximum atomic E-state index is 11.9. The van der Waals surface area contributed by atoms with E-state index in [9.17, 15) is 22.9 Å². The van der Waals surface area contributed by atoms with Gasteiger partial charge in [0.1, 0.15) is 4.90 Å². The van der Waals surface area contributed by atoms with Crippen molar-refractivity contribution in [3.63, 3.8) is 0 Å². The van der Waals surface area contributed by atoms with E-state index in [0.29, 0.717) is 10.8 Å². The van der Waals surface area contributed by atoms with Crippen molar-refractivity contribution in [3.8, 4) is 0 Å². The summed E-state index contributed by atoms with van der Waals surface area (Å²) in [6.07, 6.45) is 0. The van der Waals surface area contributed by atoms with Crippen molar-refractivity contribution in [2.45, 2.75) is 4.90 Å². The van der Waals surface area contributed by atoms with Crippen molar-refractivity contribution >= 4 is 38.2 Å². The van der Waals surface area contributed by atoms with E-state index in [1.54, 1.807) is 42.5 Å². The van der Waals surface area contributed by atoms with Crippen LogP contribution in [0.2, 0.25) is 0 Å². The summed E-state index contributed by atoms with van der Waals surface area (Å²) in [5, 5.41) is 13.0. The molecular weight excluding hydrogens is 330 g/mol. The number of rotatable bonds is 4. The summed E-state index contributed by atoms with van der Waals surface area (Å²) in [7, 11) is -4.52. The molecule has 0 unspecified atom stereocenters. The average Bonchev–Trinajstić information content (AvgIpc) is 2.53. The number of anilines is 2. The van der Waals surface area contributed by atoms with E-state index < -0.39 is 16.1 Å². The summed E-state index contributed by atoms with van der Waals surface area (Å²) >= 11 is 0. The highest BCUT2D eigenvalue weighted by atomic mass is 32.2. The van der Waals surface area contributed by atoms with Gasteiger partial charge in [0, 0.05) is 5.39 Å². The zero-order valence-corrected chi connectivity index (χ0v) is 13.1. The number of carbonyl (C=O) groups is 1. The maximum absolute atomic E-state index is 11.9. The predicted octanol–water partition coefficient (Wildman–Crippen LogP) is 3.53. The zero-order chi connectivity index (χ0) is 17.3. The molecule has 0 saturated carbocycles. The summed E-state index contributed by atoms with van der Waals surface area (Å²) in [4.78, 5) is 11.0. The molecule has 0 aliphatic carbocycles. The molecule has 0 aromatic heterocycles. The predicted molar refractivity (Wildman–Crippen MR) is 90.4 cm³/mol. The molecule has 122 valence electrons. The van der Waals surface area contributed by atoms with Gasteiger partial charge in [0.15, 0.2) is 0 Å². The molecule has 0 radical (unpaired) electrons. The fourth-order valence-electron chi connectivity index (χ4n) is 2.54. The van der Waals surface area contributed by atoms with Crippen LogP contribution < -0.4 is 5.32 Å². The van der Waals surface area contributed by atoms with Crippen molar-refractivity contribution in [2.24, 2.45) is 0 Å². The van der Waals surface area contributed by atoms with E-state index >= 15 is 0 Å². The van der Waals surface area contributed by atoms with Gasteiger partial charge in [-0.25, -0.2) is 4.79 Å². The van der Waals surface area contributed by atoms with Crippen LogP contribution in [0.1, 0.15) is 10.4 Å². The summed E-state index contributed by atoms with van der Waals surface area (Å²) in [6.45, 7) is 0. The van der Waals surface area contributed by atoms with Crippen LogP contribution >= 0.6 is 0 Å². The molecule has 3 rings (SSSR count). The smallest absolute Gasteiger partial charge is 0.337 e. The highest BCUT2D eigenvalue weighted by Gasteiger charge is 2.20. The first kappa shape index (κ1) is 16.0. The first-order valence-electron chi connectivity index (χ1n) is 6.96. The number of aromatic carboxylic acids is 1. The van der Waals surface area contributed by atoms with Crippen molar-refractivity contribution in [2.75, 3.05) is 5.32 Å². The lowest BCUT2D eigenvalue weighted by atomic mass is 10.1. The molecule has 0 bridgehead atoms. The van der Waals surface area contributed by atoms with Crippen LogP contribution in [0.5, 0.6) is 0 Å². The molecule has 3 aromatic rings. The van der Waals surface area contributed by atoms with Gasteiger partial charge in [-0.3, -0.25) is 4.55 Å². The van der Waals surface area contributed by atoms with Crippen LogP contribution in [0.15, 0.2) is 65.6 Å². The Morgan fingerprint density at radius 2 is 1.54 bits per heavy atom. The van der Waals surface area contributed by atoms with Crippen LogP contribution in [0, 0.1) is 0 Å². The second kappa shape index (κ2) is 5.95. The second-order valence-electron chi connectivity index (χ2n) is 5.11. The third-order valence-electron chi connectivity index (χ3n) is 3.56. The number of carboxylic acids is 1. The third-order valence-corrected chi connectivity index (χ3v) is 4.52. The van der Waals surface area contributed by atoms with Crippen molar-refractivity contribution in [1.29, 1.82) is 0 Å². The molecule has 0 spiro atoms. The third kappa shape index (κ3) is 2.94. The lowest BCUT2D eigenvalue weighted by Gasteiger charge is -2.14. The maximum Gasteiger partial charge on any atom is 0.337 e. The molecule has 0 saturated heterocycles. The van der Waals surface area contributed by atoms with Gasteiger partial charge in [0.05, 0.1) is 16.9 Å². The summed E-state index contributed by atoms with van der Waals surface area (Å²) in [5.41, 5.74) is 0.321. The first-order valence-corrected chi connectivity index (χ1v) is 8.40. The normalized spacial score (nSPS) is 11.4. The Labute approximate surface area is 138 Å². The Hall–Kier alpha value is -2.90. The van der Waals surface area contributed by atoms with Gasteiger partial charge in [-0.1, -0.05) is 42.5 Å². The van der Waals surface area contributed by atoms with Crippen molar-refractivity contribution in [1.82, 2.24) is 0 Å². The van der Waals surface area contributed by atoms with Gasteiger partial charge in [0.25, 0.3) is 10.1 Å². The van der Waals surface area contributed by atoms with Crippen LogP contribution in [0.4, 0.5) is 11.4 Å². The van der Waals surface area contributed by atoms with E-state index in [4.69, 9.17) is 0 Å². The van der Waals surface area contributed by atoms with Gasteiger partial charge in [-0.05, 0) is 23.6 Å². The highest BCUT2D eigenvalue weighted by molar-refractivity contribution is 7.86. The van der Waals surface area contributed by atoms with Gasteiger partial charge < -0.3 is 10.4 Å². The zero-order valence-electron chi connectivity index (χ0n) is 12.3. The SMILES string of the molecule is O=C(O)c1ccccc1Nc1ccc2ccccc2c1S(=O)(=O)O. The molecule has 0 heterocycles. The highest BCUT2D eigenvalue weighted by Crippen LogP contribution is 2.33. The number of carboxylic acid groups (broad SMARTS) is 1. The van der Waals surface area contributed by atoms with E-state index in [1.807, 2.05) is 0 Å². The lowest BCUT2D eigenvalue weighted by Crippen LogP contribution is -2.07. The minimum absolute atomic E-state index is 0.00746. The van der Waals surface area contributed by atoms with Crippen molar-refractivity contribution in [3.05, 3.63) is 66.2 Å². The molecule has 7 heteroatoms. The lowest BCUT2D eigenvalue weighted by molar-refractivity contribution is 0.0698. The van der Waals surface area contributed by atoms with E-state index in [-0.39, 0.29) is 21.8 Å². The number of benzene rings is 3. The Morgan fingerprint density at radius 1 is 0.875 bits per heavy atom. The topological polar surface area (TPSA) is 104 Å². The Balaban J connectivity index is 2.23. The standard InChI is InChI=1S/C17H13NO5S/c19-17(20)13-7-3-4-8-14(13)18-15-10-9-11-5-1-2-6-12(11)16(15)24(21,22)23/h1-10,18H,(H,19,20)(H,21,22,23). The van der Waals surface area contributed by atoms with Crippen LogP contribution in [0.3, 0.4) is 0 Å². The van der Waals surface area contributed by atoms with Crippen molar-refractivity contribution < 1.29 is 22.9 Å². The minimum Gasteiger partial charge on any atom is -0.478 e. The molecule has 24 heavy (non-hydrogen) atoms. The molecule has 3 N–H and O–H groups in total. The van der Waals surface area contributed by atoms with Crippen LogP contribution in [-0.2, 0) is 10.1 Å². The van der Waals surface area contributed by atoms with Crippen LogP contribution in [-0.4, -0.2) is 24.0 Å². The molecule has 0 fully saturated rings. The average molecular weight is 343 g/mol. The molecule has 0 atom stereocenters.